The zero-order chi connectivity index (χ0) is 21.9. The highest BCUT2D eigenvalue weighted by Gasteiger charge is 2.63. The van der Waals surface area contributed by atoms with E-state index in [1.807, 2.05) is 0 Å². The Morgan fingerprint density at radius 2 is 1.80 bits per heavy atom. The average molecular weight is 415 g/mol. The third kappa shape index (κ3) is 3.36. The van der Waals surface area contributed by atoms with Gasteiger partial charge in [-0.05, 0) is 92.3 Å². The topological polar surface area (TPSA) is 40.5 Å². The standard InChI is InChI=1S/C28H46O2/c1-18(2)19(3)7-8-20(4)23-9-10-24-22-12-16-28(30)17-21(29)11-15-27(28,6)25(22)13-14-26(23,24)5/h12,16,18,20-25,29-30H,3,7-11,13-15,17H2,1-2,4-6H3/t20-,21+,22+,23-,24+,25+,26-,27-,28-/m1/s1. The fourth-order valence-corrected chi connectivity index (χ4v) is 8.50. The Hall–Kier alpha value is -0.600. The molecule has 4 aliphatic carbocycles. The van der Waals surface area contributed by atoms with Crippen LogP contribution in [0.4, 0.5) is 0 Å². The van der Waals surface area contributed by atoms with E-state index in [1.165, 1.54) is 44.1 Å². The van der Waals surface area contributed by atoms with Gasteiger partial charge in [0.15, 0.2) is 0 Å². The van der Waals surface area contributed by atoms with Gasteiger partial charge >= 0.3 is 0 Å². The lowest BCUT2D eigenvalue weighted by atomic mass is 9.45. The molecule has 4 rings (SSSR count). The molecule has 0 saturated heterocycles. The van der Waals surface area contributed by atoms with Gasteiger partial charge in [-0.15, -0.1) is 0 Å². The van der Waals surface area contributed by atoms with Crippen LogP contribution >= 0.6 is 0 Å². The first-order valence-electron chi connectivity index (χ1n) is 12.8. The molecule has 0 aromatic carbocycles. The van der Waals surface area contributed by atoms with Crippen molar-refractivity contribution < 1.29 is 10.2 Å². The molecule has 0 aromatic rings. The monoisotopic (exact) mass is 414 g/mol. The molecule has 0 aliphatic heterocycles. The Morgan fingerprint density at radius 1 is 1.07 bits per heavy atom. The van der Waals surface area contributed by atoms with Crippen molar-refractivity contribution in [2.45, 2.75) is 104 Å². The number of aliphatic hydroxyl groups is 2. The van der Waals surface area contributed by atoms with Crippen molar-refractivity contribution >= 4 is 0 Å². The quantitative estimate of drug-likeness (QED) is 0.502. The minimum absolute atomic E-state index is 0.0777. The number of rotatable bonds is 5. The van der Waals surface area contributed by atoms with Gasteiger partial charge in [0.2, 0.25) is 0 Å². The highest BCUT2D eigenvalue weighted by atomic mass is 16.3. The van der Waals surface area contributed by atoms with Crippen molar-refractivity contribution in [3.8, 4) is 0 Å². The van der Waals surface area contributed by atoms with Crippen molar-refractivity contribution in [2.75, 3.05) is 0 Å². The molecule has 0 amide bonds. The highest BCUT2D eigenvalue weighted by Crippen LogP contribution is 2.67. The van der Waals surface area contributed by atoms with E-state index in [2.05, 4.69) is 53.3 Å². The van der Waals surface area contributed by atoms with Crippen LogP contribution in [0.15, 0.2) is 24.3 Å². The molecule has 0 spiro atoms. The molecule has 0 bridgehead atoms. The lowest BCUT2D eigenvalue weighted by molar-refractivity contribution is -0.167. The SMILES string of the molecule is C=C(CC[C@@H](C)[C@H]1CC[C@H]2[C@@H]3C=C[C@@]4(O)C[C@@H](O)CC[C@]4(C)[C@H]3CC[C@]12C)C(C)C. The number of allylic oxidation sites excluding steroid dienone is 2. The predicted octanol–water partition coefficient (Wildman–Crippen LogP) is 6.53. The van der Waals surface area contributed by atoms with E-state index in [1.54, 1.807) is 0 Å². The lowest BCUT2D eigenvalue weighted by Crippen LogP contribution is -2.60. The number of hydrogen-bond acceptors (Lipinski definition) is 2. The Kier molecular flexibility index (Phi) is 5.85. The van der Waals surface area contributed by atoms with Crippen LogP contribution in [0.1, 0.15) is 92.4 Å². The van der Waals surface area contributed by atoms with Crippen LogP contribution < -0.4 is 0 Å². The van der Waals surface area contributed by atoms with Crippen LogP contribution in [0.25, 0.3) is 0 Å². The second-order valence-corrected chi connectivity index (χ2v) is 12.4. The Morgan fingerprint density at radius 3 is 2.50 bits per heavy atom. The predicted molar refractivity (Wildman–Crippen MR) is 125 cm³/mol. The molecule has 4 aliphatic rings. The van der Waals surface area contributed by atoms with Gasteiger partial charge in [0.25, 0.3) is 0 Å². The third-order valence-corrected chi connectivity index (χ3v) is 10.8. The second kappa shape index (κ2) is 7.77. The molecule has 3 fully saturated rings. The van der Waals surface area contributed by atoms with Crippen LogP contribution in [0.3, 0.4) is 0 Å². The highest BCUT2D eigenvalue weighted by molar-refractivity contribution is 5.24. The van der Waals surface area contributed by atoms with Crippen LogP contribution in [-0.4, -0.2) is 21.9 Å². The molecule has 0 radical (unpaired) electrons. The van der Waals surface area contributed by atoms with Gasteiger partial charge in [-0.1, -0.05) is 58.9 Å². The number of hydrogen-bond donors (Lipinski definition) is 2. The van der Waals surface area contributed by atoms with Crippen molar-refractivity contribution in [3.05, 3.63) is 24.3 Å². The molecular formula is C28H46O2. The first kappa shape index (κ1) is 22.6. The Labute approximate surface area is 185 Å². The molecule has 0 aromatic heterocycles. The minimum Gasteiger partial charge on any atom is -0.393 e. The molecule has 2 heteroatoms. The molecule has 30 heavy (non-hydrogen) atoms. The molecule has 0 heterocycles. The summed E-state index contributed by atoms with van der Waals surface area (Å²) in [5, 5.41) is 21.8. The van der Waals surface area contributed by atoms with E-state index in [-0.39, 0.29) is 11.5 Å². The zero-order valence-electron chi connectivity index (χ0n) is 20.2. The summed E-state index contributed by atoms with van der Waals surface area (Å²) in [6.45, 7) is 16.3. The fraction of sp³-hybridized carbons (Fsp3) is 0.857. The Balaban J connectivity index is 1.53. The van der Waals surface area contributed by atoms with E-state index in [9.17, 15) is 10.2 Å². The van der Waals surface area contributed by atoms with Crippen LogP contribution in [0, 0.1) is 46.3 Å². The van der Waals surface area contributed by atoms with Crippen molar-refractivity contribution in [1.82, 2.24) is 0 Å². The van der Waals surface area contributed by atoms with E-state index >= 15 is 0 Å². The molecule has 3 saturated carbocycles. The third-order valence-electron chi connectivity index (χ3n) is 10.8. The molecule has 2 N–H and O–H groups in total. The largest absolute Gasteiger partial charge is 0.393 e. The van der Waals surface area contributed by atoms with Gasteiger partial charge in [-0.2, -0.15) is 0 Å². The summed E-state index contributed by atoms with van der Waals surface area (Å²) in [5.41, 5.74) is 0.949. The molecule has 2 nitrogen and oxygen atoms in total. The molecular weight excluding hydrogens is 368 g/mol. The maximum Gasteiger partial charge on any atom is 0.0908 e. The summed E-state index contributed by atoms with van der Waals surface area (Å²) in [7, 11) is 0. The first-order valence-corrected chi connectivity index (χ1v) is 12.8. The van der Waals surface area contributed by atoms with E-state index < -0.39 is 5.60 Å². The summed E-state index contributed by atoms with van der Waals surface area (Å²) in [4.78, 5) is 0. The maximum atomic E-state index is 11.5. The normalized spacial score (nSPS) is 48.7. The van der Waals surface area contributed by atoms with Gasteiger partial charge in [0.05, 0.1) is 11.7 Å². The number of fused-ring (bicyclic) bond motifs is 5. The van der Waals surface area contributed by atoms with Gasteiger partial charge in [-0.25, -0.2) is 0 Å². The van der Waals surface area contributed by atoms with E-state index in [0.717, 1.165) is 30.6 Å². The lowest BCUT2D eigenvalue weighted by Gasteiger charge is -2.61. The van der Waals surface area contributed by atoms with Gasteiger partial charge in [-0.3, -0.25) is 0 Å². The summed E-state index contributed by atoms with van der Waals surface area (Å²) in [6, 6.07) is 0. The van der Waals surface area contributed by atoms with Gasteiger partial charge in [0, 0.05) is 11.8 Å². The average Bonchev–Trinajstić information content (AvgIpc) is 3.04. The van der Waals surface area contributed by atoms with E-state index in [0.29, 0.717) is 29.6 Å². The van der Waals surface area contributed by atoms with Crippen LogP contribution in [0.5, 0.6) is 0 Å². The van der Waals surface area contributed by atoms with E-state index in [4.69, 9.17) is 0 Å². The number of aliphatic hydroxyl groups excluding tert-OH is 1. The molecule has 9 atom stereocenters. The fourth-order valence-electron chi connectivity index (χ4n) is 8.50. The first-order chi connectivity index (χ1) is 14.0. The van der Waals surface area contributed by atoms with Crippen molar-refractivity contribution in [3.63, 3.8) is 0 Å². The Bertz CT molecular complexity index is 695. The van der Waals surface area contributed by atoms with Crippen LogP contribution in [-0.2, 0) is 0 Å². The molecule has 0 unspecified atom stereocenters. The summed E-state index contributed by atoms with van der Waals surface area (Å²) in [6.07, 6.45) is 14.2. The van der Waals surface area contributed by atoms with Crippen molar-refractivity contribution in [2.24, 2.45) is 46.3 Å². The summed E-state index contributed by atoms with van der Waals surface area (Å²) in [5.74, 6) is 4.09. The van der Waals surface area contributed by atoms with Crippen molar-refractivity contribution in [1.29, 1.82) is 0 Å². The second-order valence-electron chi connectivity index (χ2n) is 12.4. The van der Waals surface area contributed by atoms with Crippen LogP contribution in [0.2, 0.25) is 0 Å². The minimum atomic E-state index is -0.817. The van der Waals surface area contributed by atoms with Gasteiger partial charge < -0.3 is 10.2 Å². The zero-order valence-corrected chi connectivity index (χ0v) is 20.2. The summed E-state index contributed by atoms with van der Waals surface area (Å²) < 4.78 is 0. The maximum absolute atomic E-state index is 11.5. The van der Waals surface area contributed by atoms with Gasteiger partial charge in [0.1, 0.15) is 0 Å². The smallest absolute Gasteiger partial charge is 0.0908 e. The molecule has 170 valence electrons. The summed E-state index contributed by atoms with van der Waals surface area (Å²) >= 11 is 0.